The first kappa shape index (κ1) is 14.9. The summed E-state index contributed by atoms with van der Waals surface area (Å²) in [6.45, 7) is 4.27. The van der Waals surface area contributed by atoms with Crippen LogP contribution in [0.25, 0.3) is 10.1 Å². The van der Waals surface area contributed by atoms with Gasteiger partial charge in [0.15, 0.2) is 5.13 Å². The minimum absolute atomic E-state index is 0.0330. The maximum absolute atomic E-state index is 12.2. The molecule has 1 aromatic carbocycles. The van der Waals surface area contributed by atoms with Crippen LogP contribution in [0.15, 0.2) is 29.1 Å². The molecule has 0 atom stereocenters. The summed E-state index contributed by atoms with van der Waals surface area (Å²) >= 11 is 2.85. The number of nitrogens with one attached hydrogen (secondary N) is 1. The van der Waals surface area contributed by atoms with Crippen LogP contribution in [0.1, 0.15) is 17.0 Å². The molecule has 0 unspecified atom stereocenters. The number of aromatic nitrogens is 2. The van der Waals surface area contributed by atoms with Crippen molar-refractivity contribution in [2.45, 2.75) is 26.8 Å². The topological polar surface area (TPSA) is 64.0 Å². The SMILES string of the molecule is Cc1nc(NC(=O)CCn2sc3ccccc3c2=O)sc1C. The number of anilines is 1. The lowest BCUT2D eigenvalue weighted by Gasteiger charge is -2.01. The van der Waals surface area contributed by atoms with Crippen molar-refractivity contribution < 1.29 is 4.79 Å². The third-order valence-electron chi connectivity index (χ3n) is 3.37. The van der Waals surface area contributed by atoms with Gasteiger partial charge in [-0.2, -0.15) is 0 Å². The van der Waals surface area contributed by atoms with E-state index in [4.69, 9.17) is 0 Å². The second-order valence-corrected chi connectivity index (χ2v) is 7.22. The summed E-state index contributed by atoms with van der Waals surface area (Å²) in [5.74, 6) is -0.127. The van der Waals surface area contributed by atoms with Gasteiger partial charge in [-0.1, -0.05) is 23.7 Å². The number of carbonyl (C=O) groups excluding carboxylic acids is 1. The van der Waals surface area contributed by atoms with E-state index in [1.165, 1.54) is 22.9 Å². The Morgan fingerprint density at radius 1 is 1.32 bits per heavy atom. The van der Waals surface area contributed by atoms with E-state index in [0.717, 1.165) is 15.3 Å². The van der Waals surface area contributed by atoms with Crippen LogP contribution < -0.4 is 10.9 Å². The van der Waals surface area contributed by atoms with Crippen LogP contribution in [0.2, 0.25) is 0 Å². The Morgan fingerprint density at radius 3 is 2.77 bits per heavy atom. The standard InChI is InChI=1S/C15H15N3O2S2/c1-9-10(2)21-15(16-9)17-13(19)7-8-18-14(20)11-5-3-4-6-12(11)22-18/h3-6H,7-8H2,1-2H3,(H,16,17,19). The van der Waals surface area contributed by atoms with Gasteiger partial charge < -0.3 is 5.32 Å². The predicted octanol–water partition coefficient (Wildman–Crippen LogP) is 3.17. The zero-order chi connectivity index (χ0) is 15.7. The molecular formula is C15H15N3O2S2. The van der Waals surface area contributed by atoms with Gasteiger partial charge in [-0.25, -0.2) is 4.98 Å². The third kappa shape index (κ3) is 2.95. The number of carbonyl (C=O) groups is 1. The molecule has 1 N–H and O–H groups in total. The predicted molar refractivity (Wildman–Crippen MR) is 90.9 cm³/mol. The van der Waals surface area contributed by atoms with Crippen molar-refractivity contribution in [1.82, 2.24) is 8.94 Å². The number of benzene rings is 1. The van der Waals surface area contributed by atoms with Gasteiger partial charge >= 0.3 is 0 Å². The molecule has 2 heterocycles. The highest BCUT2D eigenvalue weighted by atomic mass is 32.1. The number of thiazole rings is 1. The fourth-order valence-corrected chi connectivity index (χ4v) is 3.90. The number of rotatable bonds is 4. The Balaban J connectivity index is 1.67. The minimum Gasteiger partial charge on any atom is -0.302 e. The molecule has 0 aliphatic carbocycles. The summed E-state index contributed by atoms with van der Waals surface area (Å²) in [5.41, 5.74) is 0.898. The van der Waals surface area contributed by atoms with Crippen molar-refractivity contribution in [3.63, 3.8) is 0 Å². The molecule has 0 aliphatic rings. The normalized spacial score (nSPS) is 11.0. The van der Waals surface area contributed by atoms with Gasteiger partial charge in [0.05, 0.1) is 15.8 Å². The van der Waals surface area contributed by atoms with Gasteiger partial charge in [-0.3, -0.25) is 13.5 Å². The van der Waals surface area contributed by atoms with Gasteiger partial charge in [0.25, 0.3) is 5.56 Å². The fraction of sp³-hybridized carbons (Fsp3) is 0.267. The molecular weight excluding hydrogens is 318 g/mol. The first-order valence-electron chi connectivity index (χ1n) is 6.87. The molecule has 22 heavy (non-hydrogen) atoms. The van der Waals surface area contributed by atoms with E-state index < -0.39 is 0 Å². The summed E-state index contributed by atoms with van der Waals surface area (Å²) < 4.78 is 2.57. The van der Waals surface area contributed by atoms with Gasteiger partial charge in [-0.15, -0.1) is 11.3 Å². The second kappa shape index (κ2) is 6.02. The molecule has 0 saturated carbocycles. The van der Waals surface area contributed by atoms with Crippen molar-refractivity contribution in [1.29, 1.82) is 0 Å². The number of aryl methyl sites for hydroxylation is 3. The van der Waals surface area contributed by atoms with Crippen LogP contribution >= 0.6 is 22.9 Å². The van der Waals surface area contributed by atoms with Crippen LogP contribution in [-0.2, 0) is 11.3 Å². The summed E-state index contributed by atoms with van der Waals surface area (Å²) in [4.78, 5) is 29.5. The average Bonchev–Trinajstić information content (AvgIpc) is 2.98. The highest BCUT2D eigenvalue weighted by Gasteiger charge is 2.11. The summed E-state index contributed by atoms with van der Waals surface area (Å²) in [6, 6.07) is 7.48. The van der Waals surface area contributed by atoms with Crippen LogP contribution in [0.5, 0.6) is 0 Å². The smallest absolute Gasteiger partial charge is 0.268 e. The van der Waals surface area contributed by atoms with Crippen molar-refractivity contribution in [2.75, 3.05) is 5.32 Å². The minimum atomic E-state index is -0.127. The largest absolute Gasteiger partial charge is 0.302 e. The highest BCUT2D eigenvalue weighted by Crippen LogP contribution is 2.21. The van der Waals surface area contributed by atoms with Gasteiger partial charge in [0, 0.05) is 17.8 Å². The second-order valence-electron chi connectivity index (χ2n) is 4.95. The lowest BCUT2D eigenvalue weighted by molar-refractivity contribution is -0.116. The van der Waals surface area contributed by atoms with E-state index in [1.807, 2.05) is 38.1 Å². The Hall–Kier alpha value is -1.99. The molecule has 0 radical (unpaired) electrons. The molecule has 0 spiro atoms. The Kier molecular flexibility index (Phi) is 4.08. The van der Waals surface area contributed by atoms with Gasteiger partial charge in [-0.05, 0) is 26.0 Å². The first-order valence-corrected chi connectivity index (χ1v) is 8.46. The summed E-state index contributed by atoms with van der Waals surface area (Å²) in [5, 5.41) is 4.11. The lowest BCUT2D eigenvalue weighted by Crippen LogP contribution is -2.18. The van der Waals surface area contributed by atoms with E-state index in [2.05, 4.69) is 10.3 Å². The number of amides is 1. The zero-order valence-electron chi connectivity index (χ0n) is 12.3. The Bertz CT molecular complexity index is 872. The van der Waals surface area contributed by atoms with E-state index in [0.29, 0.717) is 17.1 Å². The number of hydrogen-bond acceptors (Lipinski definition) is 5. The van der Waals surface area contributed by atoms with Crippen molar-refractivity contribution in [3.8, 4) is 0 Å². The molecule has 114 valence electrons. The van der Waals surface area contributed by atoms with Crippen LogP contribution in [0, 0.1) is 13.8 Å². The van der Waals surface area contributed by atoms with Crippen LogP contribution in [0.3, 0.4) is 0 Å². The molecule has 0 fully saturated rings. The lowest BCUT2D eigenvalue weighted by atomic mass is 10.3. The van der Waals surface area contributed by atoms with Crippen LogP contribution in [-0.4, -0.2) is 14.8 Å². The number of hydrogen-bond donors (Lipinski definition) is 1. The summed E-state index contributed by atoms with van der Waals surface area (Å²) in [6.07, 6.45) is 0.254. The van der Waals surface area contributed by atoms with E-state index in [1.54, 1.807) is 3.96 Å². The van der Waals surface area contributed by atoms with E-state index in [9.17, 15) is 9.59 Å². The third-order valence-corrected chi connectivity index (χ3v) is 5.48. The quantitative estimate of drug-likeness (QED) is 0.797. The number of nitrogens with zero attached hydrogens (tertiary/aromatic N) is 2. The fourth-order valence-electron chi connectivity index (χ4n) is 2.08. The van der Waals surface area contributed by atoms with Crippen molar-refractivity contribution >= 4 is 44.0 Å². The van der Waals surface area contributed by atoms with Crippen LogP contribution in [0.4, 0.5) is 5.13 Å². The highest BCUT2D eigenvalue weighted by molar-refractivity contribution is 7.15. The molecule has 2 aromatic heterocycles. The van der Waals surface area contributed by atoms with E-state index >= 15 is 0 Å². The zero-order valence-corrected chi connectivity index (χ0v) is 13.9. The molecule has 3 aromatic rings. The molecule has 5 nitrogen and oxygen atoms in total. The van der Waals surface area contributed by atoms with Gasteiger partial charge in [0.1, 0.15) is 0 Å². The Morgan fingerprint density at radius 2 is 2.09 bits per heavy atom. The number of fused-ring (bicyclic) bond motifs is 1. The molecule has 0 bridgehead atoms. The molecule has 0 aliphatic heterocycles. The van der Waals surface area contributed by atoms with Crippen molar-refractivity contribution in [2.24, 2.45) is 0 Å². The maximum atomic E-state index is 12.2. The molecule has 7 heteroatoms. The molecule has 1 amide bonds. The van der Waals surface area contributed by atoms with E-state index in [-0.39, 0.29) is 17.9 Å². The van der Waals surface area contributed by atoms with Gasteiger partial charge in [0.2, 0.25) is 5.91 Å². The molecule has 0 saturated heterocycles. The first-order chi connectivity index (χ1) is 10.5. The summed E-state index contributed by atoms with van der Waals surface area (Å²) in [7, 11) is 0. The monoisotopic (exact) mass is 333 g/mol. The molecule has 3 rings (SSSR count). The van der Waals surface area contributed by atoms with Crippen molar-refractivity contribution in [3.05, 3.63) is 45.2 Å². The Labute approximate surface area is 135 Å². The maximum Gasteiger partial charge on any atom is 0.268 e. The average molecular weight is 333 g/mol.